The molecule has 4 nitrogen and oxygen atoms in total. The molecule has 1 rings (SSSR count). The molecule has 0 heterocycles. The van der Waals surface area contributed by atoms with Crippen molar-refractivity contribution >= 4 is 11.6 Å². The zero-order chi connectivity index (χ0) is 13.0. The van der Waals surface area contributed by atoms with Crippen LogP contribution in [-0.2, 0) is 0 Å². The molecule has 0 saturated carbocycles. The summed E-state index contributed by atoms with van der Waals surface area (Å²) in [6.07, 6.45) is 0. The molecule has 0 aliphatic heterocycles. The minimum Gasteiger partial charge on any atom is -0.378 e. The van der Waals surface area contributed by atoms with Crippen LogP contribution in [0.5, 0.6) is 0 Å². The minimum absolute atomic E-state index is 0.135. The van der Waals surface area contributed by atoms with Crippen LogP contribution < -0.4 is 4.90 Å². The Morgan fingerprint density at radius 3 is 2.18 bits per heavy atom. The van der Waals surface area contributed by atoms with Gasteiger partial charge in [-0.3, -0.25) is 4.79 Å². The second-order valence-electron chi connectivity index (χ2n) is 4.16. The predicted octanol–water partition coefficient (Wildman–Crippen LogP) is 1.74. The predicted molar refractivity (Wildman–Crippen MR) is 67.9 cm³/mol. The fourth-order valence-corrected chi connectivity index (χ4v) is 1.37. The molecule has 0 bridgehead atoms. The van der Waals surface area contributed by atoms with Gasteiger partial charge in [-0.15, -0.1) is 0 Å². The van der Waals surface area contributed by atoms with Crippen LogP contribution >= 0.6 is 0 Å². The van der Waals surface area contributed by atoms with Gasteiger partial charge in [0.15, 0.2) is 0 Å². The lowest BCUT2D eigenvalue weighted by molar-refractivity contribution is 0.0773. The number of carbonyl (C=O) groups excluding carboxylic acids is 1. The average Bonchev–Trinajstić information content (AvgIpc) is 2.36. The SMILES string of the molecule is CC(C#N)N(C)C(=O)c1ccc(N(C)C)cc1. The number of hydrogen-bond donors (Lipinski definition) is 0. The molecule has 1 unspecified atom stereocenters. The smallest absolute Gasteiger partial charge is 0.254 e. The number of anilines is 1. The molecule has 0 N–H and O–H groups in total. The summed E-state index contributed by atoms with van der Waals surface area (Å²) >= 11 is 0. The molecular formula is C13H17N3O. The maximum Gasteiger partial charge on any atom is 0.254 e. The summed E-state index contributed by atoms with van der Waals surface area (Å²) in [6, 6.07) is 8.95. The summed E-state index contributed by atoms with van der Waals surface area (Å²) in [5, 5.41) is 8.77. The highest BCUT2D eigenvalue weighted by molar-refractivity contribution is 5.94. The van der Waals surface area contributed by atoms with E-state index in [2.05, 4.69) is 0 Å². The Labute approximate surface area is 102 Å². The summed E-state index contributed by atoms with van der Waals surface area (Å²) in [5.74, 6) is -0.135. The maximum atomic E-state index is 12.0. The molecular weight excluding hydrogens is 214 g/mol. The van der Waals surface area contributed by atoms with Crippen LogP contribution in [0.1, 0.15) is 17.3 Å². The second kappa shape index (κ2) is 5.35. The van der Waals surface area contributed by atoms with E-state index in [1.807, 2.05) is 37.2 Å². The number of benzene rings is 1. The molecule has 0 radical (unpaired) electrons. The lowest BCUT2D eigenvalue weighted by atomic mass is 10.1. The van der Waals surface area contributed by atoms with E-state index in [9.17, 15) is 4.79 Å². The van der Waals surface area contributed by atoms with E-state index in [1.54, 1.807) is 26.1 Å². The average molecular weight is 231 g/mol. The molecule has 0 spiro atoms. The highest BCUT2D eigenvalue weighted by atomic mass is 16.2. The lowest BCUT2D eigenvalue weighted by Crippen LogP contribution is -2.34. The van der Waals surface area contributed by atoms with Crippen molar-refractivity contribution in [1.82, 2.24) is 4.90 Å². The Balaban J connectivity index is 2.87. The van der Waals surface area contributed by atoms with Crippen molar-refractivity contribution in [3.05, 3.63) is 29.8 Å². The van der Waals surface area contributed by atoms with Crippen LogP contribution in [0.2, 0.25) is 0 Å². The second-order valence-corrected chi connectivity index (χ2v) is 4.16. The van der Waals surface area contributed by atoms with Gasteiger partial charge in [0, 0.05) is 32.4 Å². The van der Waals surface area contributed by atoms with Crippen molar-refractivity contribution in [1.29, 1.82) is 5.26 Å². The summed E-state index contributed by atoms with van der Waals surface area (Å²) in [7, 11) is 5.53. The first-order valence-corrected chi connectivity index (χ1v) is 5.41. The largest absolute Gasteiger partial charge is 0.378 e. The third-order valence-electron chi connectivity index (χ3n) is 2.72. The van der Waals surface area contributed by atoms with E-state index in [1.165, 1.54) is 4.90 Å². The minimum atomic E-state index is -0.420. The van der Waals surface area contributed by atoms with E-state index in [-0.39, 0.29) is 5.91 Å². The van der Waals surface area contributed by atoms with Crippen LogP contribution in [-0.4, -0.2) is 38.0 Å². The quantitative estimate of drug-likeness (QED) is 0.796. The molecule has 1 aromatic carbocycles. The topological polar surface area (TPSA) is 47.3 Å². The molecule has 0 fully saturated rings. The third-order valence-corrected chi connectivity index (χ3v) is 2.72. The fourth-order valence-electron chi connectivity index (χ4n) is 1.37. The van der Waals surface area contributed by atoms with E-state index < -0.39 is 6.04 Å². The van der Waals surface area contributed by atoms with Gasteiger partial charge in [-0.1, -0.05) is 0 Å². The molecule has 0 aromatic heterocycles. The summed E-state index contributed by atoms with van der Waals surface area (Å²) < 4.78 is 0. The molecule has 0 aliphatic carbocycles. The van der Waals surface area contributed by atoms with Crippen molar-refractivity contribution in [2.45, 2.75) is 13.0 Å². The number of amides is 1. The van der Waals surface area contributed by atoms with Gasteiger partial charge in [-0.2, -0.15) is 5.26 Å². The molecule has 17 heavy (non-hydrogen) atoms. The summed E-state index contributed by atoms with van der Waals surface area (Å²) in [5.41, 5.74) is 1.64. The fraction of sp³-hybridized carbons (Fsp3) is 0.385. The van der Waals surface area contributed by atoms with Crippen LogP contribution in [0.3, 0.4) is 0 Å². The number of hydrogen-bond acceptors (Lipinski definition) is 3. The van der Waals surface area contributed by atoms with Crippen molar-refractivity contribution < 1.29 is 4.79 Å². The van der Waals surface area contributed by atoms with Crippen LogP contribution in [0.15, 0.2) is 24.3 Å². The molecule has 0 aliphatic rings. The lowest BCUT2D eigenvalue weighted by Gasteiger charge is -2.20. The van der Waals surface area contributed by atoms with Crippen molar-refractivity contribution in [3.8, 4) is 6.07 Å². The molecule has 1 aromatic rings. The first kappa shape index (κ1) is 13.0. The molecule has 1 atom stereocenters. The van der Waals surface area contributed by atoms with Gasteiger partial charge in [0.05, 0.1) is 6.07 Å². The zero-order valence-electron chi connectivity index (χ0n) is 10.6. The van der Waals surface area contributed by atoms with Crippen LogP contribution in [0.4, 0.5) is 5.69 Å². The number of nitrogens with zero attached hydrogens (tertiary/aromatic N) is 3. The molecule has 1 amide bonds. The Hall–Kier alpha value is -2.02. The zero-order valence-corrected chi connectivity index (χ0v) is 10.6. The van der Waals surface area contributed by atoms with Crippen molar-refractivity contribution in [2.24, 2.45) is 0 Å². The Kier molecular flexibility index (Phi) is 4.11. The van der Waals surface area contributed by atoms with Gasteiger partial charge in [-0.05, 0) is 31.2 Å². The van der Waals surface area contributed by atoms with Crippen molar-refractivity contribution in [2.75, 3.05) is 26.0 Å². The Morgan fingerprint density at radius 2 is 1.76 bits per heavy atom. The first-order chi connectivity index (χ1) is 7.97. The van der Waals surface area contributed by atoms with Crippen LogP contribution in [0, 0.1) is 11.3 Å². The monoisotopic (exact) mass is 231 g/mol. The highest BCUT2D eigenvalue weighted by Gasteiger charge is 2.16. The Morgan fingerprint density at radius 1 is 1.24 bits per heavy atom. The van der Waals surface area contributed by atoms with Gasteiger partial charge in [-0.25, -0.2) is 0 Å². The first-order valence-electron chi connectivity index (χ1n) is 5.41. The van der Waals surface area contributed by atoms with E-state index >= 15 is 0 Å². The number of nitriles is 1. The maximum absolute atomic E-state index is 12.0. The normalized spacial score (nSPS) is 11.5. The van der Waals surface area contributed by atoms with Gasteiger partial charge < -0.3 is 9.80 Å². The van der Waals surface area contributed by atoms with Gasteiger partial charge in [0.1, 0.15) is 6.04 Å². The standard InChI is InChI=1S/C13H17N3O/c1-10(9-14)16(4)13(17)11-5-7-12(8-6-11)15(2)3/h5-8,10H,1-4H3. The van der Waals surface area contributed by atoms with E-state index in [4.69, 9.17) is 5.26 Å². The van der Waals surface area contributed by atoms with E-state index in [0.29, 0.717) is 5.56 Å². The van der Waals surface area contributed by atoms with E-state index in [0.717, 1.165) is 5.69 Å². The van der Waals surface area contributed by atoms with Gasteiger partial charge >= 0.3 is 0 Å². The number of rotatable bonds is 3. The summed E-state index contributed by atoms with van der Waals surface area (Å²) in [6.45, 7) is 1.70. The van der Waals surface area contributed by atoms with Gasteiger partial charge in [0.25, 0.3) is 5.91 Å². The molecule has 0 saturated heterocycles. The molecule has 4 heteroatoms. The van der Waals surface area contributed by atoms with Crippen molar-refractivity contribution in [3.63, 3.8) is 0 Å². The van der Waals surface area contributed by atoms with Crippen LogP contribution in [0.25, 0.3) is 0 Å². The molecule has 90 valence electrons. The number of carbonyl (C=O) groups is 1. The van der Waals surface area contributed by atoms with Gasteiger partial charge in [0.2, 0.25) is 0 Å². The summed E-state index contributed by atoms with van der Waals surface area (Å²) in [4.78, 5) is 15.4. The Bertz CT molecular complexity index is 431. The third kappa shape index (κ3) is 2.97. The highest BCUT2D eigenvalue weighted by Crippen LogP contribution is 2.14.